The molecule has 0 fully saturated rings. The fraction of sp³-hybridized carbons (Fsp3) is 0.333. The average molecular weight is 243 g/mol. The van der Waals surface area contributed by atoms with E-state index in [0.29, 0.717) is 5.82 Å². The molecule has 1 aliphatic rings. The first kappa shape index (κ1) is 10.6. The van der Waals surface area contributed by atoms with Crippen molar-refractivity contribution in [1.29, 1.82) is 0 Å². The molecule has 0 amide bonds. The molecule has 0 atom stereocenters. The van der Waals surface area contributed by atoms with Crippen LogP contribution in [0.25, 0.3) is 10.2 Å². The quantitative estimate of drug-likeness (QED) is 0.732. The molecule has 6 heteroatoms. The van der Waals surface area contributed by atoms with Gasteiger partial charge in [-0.1, -0.05) is 0 Å². The van der Waals surface area contributed by atoms with Gasteiger partial charge in [0.05, 0.1) is 5.39 Å². The number of fused-ring (bicyclic) bond motifs is 3. The zero-order chi connectivity index (χ0) is 9.54. The first-order chi connectivity index (χ1) is 6.86. The summed E-state index contributed by atoms with van der Waals surface area (Å²) in [6.07, 6.45) is 2.57. The molecule has 0 aliphatic carbocycles. The number of hydrogen-bond donors (Lipinski definition) is 2. The van der Waals surface area contributed by atoms with Crippen molar-refractivity contribution in [3.8, 4) is 0 Å². The van der Waals surface area contributed by atoms with E-state index in [9.17, 15) is 0 Å². The van der Waals surface area contributed by atoms with Crippen LogP contribution in [0.3, 0.4) is 0 Å². The zero-order valence-corrected chi connectivity index (χ0v) is 9.62. The molecule has 0 aromatic carbocycles. The van der Waals surface area contributed by atoms with E-state index in [1.807, 2.05) is 0 Å². The summed E-state index contributed by atoms with van der Waals surface area (Å²) in [4.78, 5) is 10.7. The summed E-state index contributed by atoms with van der Waals surface area (Å²) in [6, 6.07) is 0. The van der Waals surface area contributed by atoms with Crippen molar-refractivity contribution in [3.63, 3.8) is 0 Å². The van der Waals surface area contributed by atoms with Gasteiger partial charge in [-0.15, -0.1) is 23.7 Å². The minimum Gasteiger partial charge on any atom is -0.383 e. The number of nitrogens with one attached hydrogen (secondary N) is 1. The Labute approximate surface area is 97.3 Å². The van der Waals surface area contributed by atoms with Gasteiger partial charge in [-0.2, -0.15) is 0 Å². The Morgan fingerprint density at radius 1 is 1.40 bits per heavy atom. The third-order valence-corrected chi connectivity index (χ3v) is 3.68. The minimum absolute atomic E-state index is 0. The number of nitrogen functional groups attached to an aromatic ring is 1. The van der Waals surface area contributed by atoms with Crippen molar-refractivity contribution < 1.29 is 0 Å². The summed E-state index contributed by atoms with van der Waals surface area (Å²) in [6.45, 7) is 1.96. The molecule has 0 radical (unpaired) electrons. The first-order valence-corrected chi connectivity index (χ1v) is 5.39. The van der Waals surface area contributed by atoms with E-state index in [-0.39, 0.29) is 12.4 Å². The Morgan fingerprint density at radius 3 is 3.13 bits per heavy atom. The standard InChI is InChI=1S/C9H10N4S.ClH/c10-8-7-5-1-2-11-3-6(5)14-9(7)13-4-12-8;/h4,11H,1-3H2,(H2,10,12,13);1H. The van der Waals surface area contributed by atoms with E-state index in [2.05, 4.69) is 15.3 Å². The smallest absolute Gasteiger partial charge is 0.135 e. The lowest BCUT2D eigenvalue weighted by Gasteiger charge is -2.12. The van der Waals surface area contributed by atoms with Gasteiger partial charge in [-0.05, 0) is 18.5 Å². The van der Waals surface area contributed by atoms with Gasteiger partial charge in [0, 0.05) is 11.4 Å². The molecular formula is C9H11ClN4S. The summed E-state index contributed by atoms with van der Waals surface area (Å²) in [5, 5.41) is 4.42. The molecule has 15 heavy (non-hydrogen) atoms. The second-order valence-electron chi connectivity index (χ2n) is 3.37. The lowest BCUT2D eigenvalue weighted by atomic mass is 10.1. The number of aromatic nitrogens is 2. The number of nitrogens with two attached hydrogens (primary N) is 1. The normalized spacial score (nSPS) is 14.7. The van der Waals surface area contributed by atoms with E-state index in [0.717, 1.165) is 29.7 Å². The van der Waals surface area contributed by atoms with Gasteiger partial charge in [0.25, 0.3) is 0 Å². The van der Waals surface area contributed by atoms with Crippen LogP contribution < -0.4 is 11.1 Å². The van der Waals surface area contributed by atoms with E-state index in [1.54, 1.807) is 11.3 Å². The molecule has 0 bridgehead atoms. The molecule has 3 N–H and O–H groups in total. The summed E-state index contributed by atoms with van der Waals surface area (Å²) < 4.78 is 0. The topological polar surface area (TPSA) is 63.8 Å². The minimum atomic E-state index is 0. The number of nitrogens with zero attached hydrogens (tertiary/aromatic N) is 2. The van der Waals surface area contributed by atoms with Crippen LogP contribution >= 0.6 is 23.7 Å². The second kappa shape index (κ2) is 3.92. The monoisotopic (exact) mass is 242 g/mol. The van der Waals surface area contributed by atoms with Crippen LogP contribution in [0.15, 0.2) is 6.33 Å². The average Bonchev–Trinajstić information content (AvgIpc) is 2.57. The van der Waals surface area contributed by atoms with Crippen molar-refractivity contribution in [1.82, 2.24) is 15.3 Å². The van der Waals surface area contributed by atoms with Crippen LogP contribution in [-0.2, 0) is 13.0 Å². The zero-order valence-electron chi connectivity index (χ0n) is 7.99. The molecule has 0 spiro atoms. The van der Waals surface area contributed by atoms with Gasteiger partial charge >= 0.3 is 0 Å². The second-order valence-corrected chi connectivity index (χ2v) is 4.45. The summed E-state index contributed by atoms with van der Waals surface area (Å²) in [7, 11) is 0. The van der Waals surface area contributed by atoms with Gasteiger partial charge in [0.2, 0.25) is 0 Å². The third-order valence-electron chi connectivity index (χ3n) is 2.54. The Hall–Kier alpha value is -0.910. The van der Waals surface area contributed by atoms with Gasteiger partial charge in [-0.25, -0.2) is 9.97 Å². The van der Waals surface area contributed by atoms with Crippen LogP contribution in [-0.4, -0.2) is 16.5 Å². The number of thiophene rings is 1. The molecule has 1 aliphatic heterocycles. The van der Waals surface area contributed by atoms with Crippen LogP contribution in [0, 0.1) is 0 Å². The molecule has 0 unspecified atom stereocenters. The Kier molecular flexibility index (Phi) is 2.77. The molecular weight excluding hydrogens is 232 g/mol. The van der Waals surface area contributed by atoms with Gasteiger partial charge in [0.1, 0.15) is 17.0 Å². The highest BCUT2D eigenvalue weighted by molar-refractivity contribution is 7.18. The lowest BCUT2D eigenvalue weighted by molar-refractivity contribution is 0.657. The van der Waals surface area contributed by atoms with Crippen molar-refractivity contribution in [2.45, 2.75) is 13.0 Å². The van der Waals surface area contributed by atoms with Crippen molar-refractivity contribution in [3.05, 3.63) is 16.8 Å². The highest BCUT2D eigenvalue weighted by Crippen LogP contribution is 2.34. The van der Waals surface area contributed by atoms with Crippen molar-refractivity contribution in [2.75, 3.05) is 12.3 Å². The summed E-state index contributed by atoms with van der Waals surface area (Å²) >= 11 is 1.72. The largest absolute Gasteiger partial charge is 0.383 e. The van der Waals surface area contributed by atoms with E-state index >= 15 is 0 Å². The van der Waals surface area contributed by atoms with Gasteiger partial charge in [0.15, 0.2) is 0 Å². The van der Waals surface area contributed by atoms with Gasteiger partial charge in [-0.3, -0.25) is 0 Å². The molecule has 3 heterocycles. The molecule has 0 saturated heterocycles. The predicted molar refractivity (Wildman–Crippen MR) is 64.5 cm³/mol. The first-order valence-electron chi connectivity index (χ1n) is 4.57. The SMILES string of the molecule is Cl.Nc1ncnc2sc3c(c12)CCNC3. The van der Waals surface area contributed by atoms with E-state index < -0.39 is 0 Å². The molecule has 2 aromatic heterocycles. The van der Waals surface area contributed by atoms with Crippen LogP contribution in [0.5, 0.6) is 0 Å². The van der Waals surface area contributed by atoms with Crippen molar-refractivity contribution in [2.24, 2.45) is 0 Å². The van der Waals surface area contributed by atoms with E-state index in [1.165, 1.54) is 16.8 Å². The maximum absolute atomic E-state index is 5.86. The number of hydrogen-bond acceptors (Lipinski definition) is 5. The fourth-order valence-corrected chi connectivity index (χ4v) is 3.05. The van der Waals surface area contributed by atoms with Crippen molar-refractivity contribution >= 4 is 39.8 Å². The van der Waals surface area contributed by atoms with Crippen LogP contribution in [0.1, 0.15) is 10.4 Å². The fourth-order valence-electron chi connectivity index (χ4n) is 1.88. The predicted octanol–water partition coefficient (Wildman–Crippen LogP) is 1.34. The Balaban J connectivity index is 0.000000853. The summed E-state index contributed by atoms with van der Waals surface area (Å²) in [5.74, 6) is 0.620. The highest BCUT2D eigenvalue weighted by atomic mass is 35.5. The Bertz CT molecular complexity index is 496. The highest BCUT2D eigenvalue weighted by Gasteiger charge is 2.18. The molecule has 2 aromatic rings. The summed E-state index contributed by atoms with van der Waals surface area (Å²) in [5.41, 5.74) is 7.21. The van der Waals surface area contributed by atoms with Crippen LogP contribution in [0.4, 0.5) is 5.82 Å². The molecule has 80 valence electrons. The van der Waals surface area contributed by atoms with Crippen LogP contribution in [0.2, 0.25) is 0 Å². The third kappa shape index (κ3) is 1.56. The molecule has 4 nitrogen and oxygen atoms in total. The Morgan fingerprint density at radius 2 is 2.27 bits per heavy atom. The van der Waals surface area contributed by atoms with Gasteiger partial charge < -0.3 is 11.1 Å². The molecule has 3 rings (SSSR count). The lowest BCUT2D eigenvalue weighted by Crippen LogP contribution is -2.22. The maximum Gasteiger partial charge on any atom is 0.135 e. The number of anilines is 1. The maximum atomic E-state index is 5.86. The number of halogens is 1. The van der Waals surface area contributed by atoms with E-state index in [4.69, 9.17) is 5.73 Å². The number of rotatable bonds is 0. The molecule has 0 saturated carbocycles.